The highest BCUT2D eigenvalue weighted by Crippen LogP contribution is 2.31. The molecule has 6 heteroatoms. The third-order valence-electron chi connectivity index (χ3n) is 3.04. The van der Waals surface area contributed by atoms with Crippen LogP contribution in [0.1, 0.15) is 48.9 Å². The molecule has 1 aromatic heterocycles. The number of hydrogen-bond acceptors (Lipinski definition) is 6. The summed E-state index contributed by atoms with van der Waals surface area (Å²) in [6.45, 7) is 6.84. The second-order valence-corrected chi connectivity index (χ2v) is 5.56. The normalized spacial score (nSPS) is 12.7. The summed E-state index contributed by atoms with van der Waals surface area (Å²) in [5.41, 5.74) is 4.92. The zero-order valence-corrected chi connectivity index (χ0v) is 12.8. The lowest BCUT2D eigenvalue weighted by atomic mass is 10.0. The van der Waals surface area contributed by atoms with Crippen molar-refractivity contribution in [2.45, 2.75) is 32.7 Å². The zero-order valence-electron chi connectivity index (χ0n) is 12.0. The van der Waals surface area contributed by atoms with Crippen molar-refractivity contribution in [1.29, 1.82) is 0 Å². The van der Waals surface area contributed by atoms with Crippen LogP contribution in [0.25, 0.3) is 0 Å². The van der Waals surface area contributed by atoms with Gasteiger partial charge in [0.15, 0.2) is 0 Å². The lowest BCUT2D eigenvalue weighted by Gasteiger charge is -2.17. The Morgan fingerprint density at radius 2 is 2.00 bits per heavy atom. The third-order valence-corrected chi connectivity index (χ3v) is 3.85. The predicted octanol–water partition coefficient (Wildman–Crippen LogP) is 2.61. The topological polar surface area (TPSA) is 73.1 Å². The molecule has 0 aliphatic heterocycles. The van der Waals surface area contributed by atoms with Crippen molar-refractivity contribution in [1.82, 2.24) is 15.0 Å². The average molecular weight is 292 g/mol. The first-order valence-electron chi connectivity index (χ1n) is 6.68. The summed E-state index contributed by atoms with van der Waals surface area (Å²) >= 11 is 1.38. The molecule has 2 rings (SSSR count). The van der Waals surface area contributed by atoms with Gasteiger partial charge < -0.3 is 4.74 Å². The first-order chi connectivity index (χ1) is 9.67. The fourth-order valence-corrected chi connectivity index (χ4v) is 2.95. The van der Waals surface area contributed by atoms with Crippen LogP contribution in [-0.4, -0.2) is 16.2 Å². The Morgan fingerprint density at radius 1 is 1.30 bits per heavy atom. The number of nitrogens with one attached hydrogen (secondary N) is 1. The maximum atomic E-state index is 5.73. The van der Waals surface area contributed by atoms with Gasteiger partial charge in [0.2, 0.25) is 0 Å². The van der Waals surface area contributed by atoms with Crippen LogP contribution in [0.4, 0.5) is 0 Å². The molecule has 0 saturated heterocycles. The van der Waals surface area contributed by atoms with E-state index in [9.17, 15) is 0 Å². The van der Waals surface area contributed by atoms with E-state index < -0.39 is 0 Å². The summed E-state index contributed by atoms with van der Waals surface area (Å²) in [5.74, 6) is 6.91. The van der Waals surface area contributed by atoms with E-state index in [1.54, 1.807) is 0 Å². The molecule has 0 spiro atoms. The second kappa shape index (κ2) is 6.78. The second-order valence-electron chi connectivity index (χ2n) is 4.78. The number of hydrogen-bond donors (Lipinski definition) is 2. The highest BCUT2D eigenvalue weighted by Gasteiger charge is 2.21. The Bertz CT molecular complexity index is 538. The maximum absolute atomic E-state index is 5.73. The van der Waals surface area contributed by atoms with Gasteiger partial charge in [0, 0.05) is 0 Å². The molecule has 1 atom stereocenters. The minimum absolute atomic E-state index is 0.0944. The van der Waals surface area contributed by atoms with Crippen molar-refractivity contribution < 1.29 is 4.74 Å². The number of benzene rings is 1. The van der Waals surface area contributed by atoms with Crippen LogP contribution in [-0.2, 0) is 0 Å². The van der Waals surface area contributed by atoms with E-state index in [2.05, 4.69) is 28.9 Å². The molecular weight excluding hydrogens is 272 g/mol. The fraction of sp³-hybridized carbons (Fsp3) is 0.429. The quantitative estimate of drug-likeness (QED) is 0.632. The minimum atomic E-state index is -0.0944. The summed E-state index contributed by atoms with van der Waals surface area (Å²) in [6, 6.07) is 7.83. The van der Waals surface area contributed by atoms with Gasteiger partial charge in [-0.25, -0.2) is 5.43 Å². The van der Waals surface area contributed by atoms with Crippen LogP contribution in [0.2, 0.25) is 0 Å². The number of rotatable bonds is 6. The van der Waals surface area contributed by atoms with Crippen LogP contribution in [0, 0.1) is 0 Å². The monoisotopic (exact) mass is 292 g/mol. The maximum Gasteiger partial charge on any atom is 0.119 e. The van der Waals surface area contributed by atoms with Gasteiger partial charge in [-0.15, -0.1) is 5.10 Å². The van der Waals surface area contributed by atoms with Crippen molar-refractivity contribution in [3.63, 3.8) is 0 Å². The highest BCUT2D eigenvalue weighted by molar-refractivity contribution is 7.05. The van der Waals surface area contributed by atoms with Crippen molar-refractivity contribution in [3.05, 3.63) is 40.4 Å². The number of nitrogens with zero attached hydrogens (tertiary/aromatic N) is 2. The smallest absolute Gasteiger partial charge is 0.119 e. The highest BCUT2D eigenvalue weighted by atomic mass is 32.1. The Hall–Kier alpha value is -1.50. The van der Waals surface area contributed by atoms with Gasteiger partial charge in [-0.05, 0) is 42.1 Å². The molecule has 108 valence electrons. The zero-order chi connectivity index (χ0) is 14.5. The number of hydrazine groups is 1. The first kappa shape index (κ1) is 14.9. The van der Waals surface area contributed by atoms with E-state index in [0.717, 1.165) is 21.9 Å². The van der Waals surface area contributed by atoms with Crippen LogP contribution in [0.5, 0.6) is 5.75 Å². The molecule has 2 aromatic rings. The van der Waals surface area contributed by atoms with E-state index in [-0.39, 0.29) is 6.04 Å². The largest absolute Gasteiger partial charge is 0.494 e. The lowest BCUT2D eigenvalue weighted by molar-refractivity contribution is 0.340. The molecule has 5 nitrogen and oxygen atoms in total. The summed E-state index contributed by atoms with van der Waals surface area (Å²) in [6.07, 6.45) is 0. The van der Waals surface area contributed by atoms with E-state index in [4.69, 9.17) is 10.6 Å². The Labute approximate surface area is 123 Å². The van der Waals surface area contributed by atoms with Crippen LogP contribution < -0.4 is 16.0 Å². The number of nitrogens with two attached hydrogens (primary N) is 1. The molecule has 0 aliphatic carbocycles. The van der Waals surface area contributed by atoms with E-state index in [0.29, 0.717) is 12.5 Å². The van der Waals surface area contributed by atoms with Gasteiger partial charge in [0.25, 0.3) is 0 Å². The van der Waals surface area contributed by atoms with Gasteiger partial charge in [-0.1, -0.05) is 30.5 Å². The molecule has 0 radical (unpaired) electrons. The Kier molecular flexibility index (Phi) is 5.05. The van der Waals surface area contributed by atoms with Crippen molar-refractivity contribution >= 4 is 11.5 Å². The van der Waals surface area contributed by atoms with Crippen molar-refractivity contribution in [2.75, 3.05) is 6.61 Å². The van der Waals surface area contributed by atoms with Crippen LogP contribution >= 0.6 is 11.5 Å². The molecule has 0 aliphatic rings. The van der Waals surface area contributed by atoms with Crippen LogP contribution in [0.3, 0.4) is 0 Å². The standard InChI is InChI=1S/C14H20N4OS/c1-4-19-11-7-5-10(6-8-11)13(16-15)14-12(9(2)3)17-18-20-14/h5-9,13,16H,4,15H2,1-3H3. The molecule has 0 saturated carbocycles. The molecule has 0 amide bonds. The fourth-order valence-electron chi connectivity index (χ4n) is 2.05. The number of ether oxygens (including phenoxy) is 1. The van der Waals surface area contributed by atoms with E-state index in [1.165, 1.54) is 11.5 Å². The molecule has 20 heavy (non-hydrogen) atoms. The minimum Gasteiger partial charge on any atom is -0.494 e. The summed E-state index contributed by atoms with van der Waals surface area (Å²) in [7, 11) is 0. The summed E-state index contributed by atoms with van der Waals surface area (Å²) < 4.78 is 9.51. The molecule has 0 bridgehead atoms. The van der Waals surface area contributed by atoms with E-state index in [1.807, 2.05) is 31.2 Å². The summed E-state index contributed by atoms with van der Waals surface area (Å²) in [4.78, 5) is 1.06. The molecule has 1 heterocycles. The van der Waals surface area contributed by atoms with Gasteiger partial charge in [-0.2, -0.15) is 0 Å². The molecule has 0 fully saturated rings. The number of aromatic nitrogens is 2. The molecule has 1 aromatic carbocycles. The Morgan fingerprint density at radius 3 is 2.55 bits per heavy atom. The molecular formula is C14H20N4OS. The van der Waals surface area contributed by atoms with Gasteiger partial charge in [-0.3, -0.25) is 5.84 Å². The van der Waals surface area contributed by atoms with Gasteiger partial charge >= 0.3 is 0 Å². The van der Waals surface area contributed by atoms with Crippen LogP contribution in [0.15, 0.2) is 24.3 Å². The molecule has 1 unspecified atom stereocenters. The van der Waals surface area contributed by atoms with E-state index >= 15 is 0 Å². The van der Waals surface area contributed by atoms with Gasteiger partial charge in [0.1, 0.15) is 5.75 Å². The molecule has 3 N–H and O–H groups in total. The van der Waals surface area contributed by atoms with Gasteiger partial charge in [0.05, 0.1) is 23.2 Å². The lowest BCUT2D eigenvalue weighted by Crippen LogP contribution is -2.29. The first-order valence-corrected chi connectivity index (χ1v) is 7.45. The third kappa shape index (κ3) is 3.15. The van der Waals surface area contributed by atoms with Crippen molar-refractivity contribution in [3.8, 4) is 5.75 Å². The predicted molar refractivity (Wildman–Crippen MR) is 80.8 cm³/mol. The SMILES string of the molecule is CCOc1ccc(C(NN)c2snnc2C(C)C)cc1. The Balaban J connectivity index is 2.29. The summed E-state index contributed by atoms with van der Waals surface area (Å²) in [5, 5.41) is 4.21. The van der Waals surface area contributed by atoms with Crippen molar-refractivity contribution in [2.24, 2.45) is 5.84 Å². The average Bonchev–Trinajstić information content (AvgIpc) is 2.91.